The van der Waals surface area contributed by atoms with Gasteiger partial charge >= 0.3 is 18.5 Å². The zero-order chi connectivity index (χ0) is 60.4. The molecular formula is C60H46F9N15O. The van der Waals surface area contributed by atoms with Gasteiger partial charge in [-0.15, -0.1) is 0 Å². The molecule has 9 aromatic heterocycles. The van der Waals surface area contributed by atoms with Crippen LogP contribution < -0.4 is 11.5 Å². The van der Waals surface area contributed by atoms with Crippen molar-refractivity contribution in [1.29, 1.82) is 0 Å². The van der Waals surface area contributed by atoms with Gasteiger partial charge in [-0.05, 0) is 112 Å². The van der Waals surface area contributed by atoms with E-state index in [1.165, 1.54) is 50.4 Å². The molecule has 0 bridgehead atoms. The average molecular weight is 1160 g/mol. The van der Waals surface area contributed by atoms with Gasteiger partial charge < -0.3 is 16.7 Å². The van der Waals surface area contributed by atoms with Gasteiger partial charge in [-0.1, -0.05) is 78.0 Å². The van der Waals surface area contributed by atoms with E-state index in [0.29, 0.717) is 33.6 Å². The molecule has 12 rings (SSSR count). The van der Waals surface area contributed by atoms with Crippen molar-refractivity contribution in [1.82, 2.24) is 59.2 Å². The predicted molar refractivity (Wildman–Crippen MR) is 300 cm³/mol. The predicted octanol–water partition coefficient (Wildman–Crippen LogP) is 13.7. The lowest BCUT2D eigenvalue weighted by Crippen LogP contribution is -2.10. The third-order valence-corrected chi connectivity index (χ3v) is 13.1. The molecule has 12 aromatic rings. The van der Waals surface area contributed by atoms with Gasteiger partial charge in [0.25, 0.3) is 0 Å². The van der Waals surface area contributed by atoms with Gasteiger partial charge in [0, 0.05) is 44.9 Å². The lowest BCUT2D eigenvalue weighted by molar-refractivity contribution is -0.141. The minimum absolute atomic E-state index is 0.0666. The second kappa shape index (κ2) is 23.5. The Morgan fingerprint density at radius 2 is 0.741 bits per heavy atom. The summed E-state index contributed by atoms with van der Waals surface area (Å²) in [4.78, 5) is 24.7. The molecule has 0 unspecified atom stereocenters. The van der Waals surface area contributed by atoms with E-state index >= 15 is 0 Å². The number of fused-ring (bicyclic) bond motifs is 3. The Balaban J connectivity index is 0.000000142. The van der Waals surface area contributed by atoms with E-state index in [0.717, 1.165) is 73.8 Å². The first-order chi connectivity index (χ1) is 40.5. The first-order valence-corrected chi connectivity index (χ1v) is 25.7. The summed E-state index contributed by atoms with van der Waals surface area (Å²) in [5.74, 6) is 0.260. The number of nitrogens with two attached hydrogens (primary N) is 2. The molecule has 25 heteroatoms. The van der Waals surface area contributed by atoms with Crippen molar-refractivity contribution in [2.45, 2.75) is 51.4 Å². The number of benzene rings is 3. The van der Waals surface area contributed by atoms with Gasteiger partial charge in [-0.3, -0.25) is 9.97 Å². The van der Waals surface area contributed by atoms with Crippen molar-refractivity contribution in [3.05, 3.63) is 217 Å². The van der Waals surface area contributed by atoms with Crippen LogP contribution in [0.1, 0.15) is 67.0 Å². The van der Waals surface area contributed by atoms with Crippen LogP contribution in [-0.2, 0) is 18.5 Å². The molecule has 0 aliphatic rings. The van der Waals surface area contributed by atoms with E-state index in [1.54, 1.807) is 49.8 Å². The molecule has 0 aliphatic heterocycles. The highest BCUT2D eigenvalue weighted by Gasteiger charge is 2.35. The molecule has 0 radical (unpaired) electrons. The number of rotatable bonds is 9. The number of aromatic nitrogens is 12. The van der Waals surface area contributed by atoms with Crippen LogP contribution in [0, 0.1) is 0 Å². The van der Waals surface area contributed by atoms with Crippen LogP contribution in [-0.4, -0.2) is 70.2 Å². The maximum Gasteiger partial charge on any atom is 0.433 e. The molecule has 0 saturated heterocycles. The fourth-order valence-electron chi connectivity index (χ4n) is 8.76. The minimum atomic E-state index is -4.54. The number of hydrogen-bond acceptors (Lipinski definition) is 13. The van der Waals surface area contributed by atoms with Crippen LogP contribution in [0.25, 0.3) is 83.9 Å². The molecule has 0 spiro atoms. The van der Waals surface area contributed by atoms with Crippen LogP contribution in [0.2, 0.25) is 0 Å². The van der Waals surface area contributed by atoms with Gasteiger partial charge in [0.05, 0.1) is 69.3 Å². The van der Waals surface area contributed by atoms with E-state index in [-0.39, 0.29) is 29.5 Å². The van der Waals surface area contributed by atoms with E-state index < -0.39 is 35.6 Å². The van der Waals surface area contributed by atoms with Crippen LogP contribution in [0.3, 0.4) is 0 Å². The second-order valence-electron chi connectivity index (χ2n) is 19.2. The summed E-state index contributed by atoms with van der Waals surface area (Å²) < 4.78 is 121. The lowest BCUT2D eigenvalue weighted by Gasteiger charge is -2.10. The Hall–Kier alpha value is -10.3. The van der Waals surface area contributed by atoms with Crippen molar-refractivity contribution in [2.24, 2.45) is 16.6 Å². The van der Waals surface area contributed by atoms with Gasteiger partial charge in [-0.25, -0.2) is 34.0 Å². The monoisotopic (exact) mass is 1160 g/mol. The third kappa shape index (κ3) is 12.9. The summed E-state index contributed by atoms with van der Waals surface area (Å²) in [5.41, 5.74) is 17.6. The number of alkyl halides is 9. The Kier molecular flexibility index (Phi) is 16.0. The summed E-state index contributed by atoms with van der Waals surface area (Å²) >= 11 is 0. The quantitative estimate of drug-likeness (QED) is 0.0533. The highest BCUT2D eigenvalue weighted by Crippen LogP contribution is 2.34. The van der Waals surface area contributed by atoms with Crippen LogP contribution in [0.5, 0.6) is 0 Å². The maximum atomic E-state index is 13.0. The number of nitrogens with zero attached hydrogens (tertiary/aromatic N) is 13. The van der Waals surface area contributed by atoms with Gasteiger partial charge in [-0.2, -0.15) is 54.8 Å². The Morgan fingerprint density at radius 3 is 1.06 bits per heavy atom. The first kappa shape index (κ1) is 57.9. The average Bonchev–Trinajstić information content (AvgIpc) is 3.66. The summed E-state index contributed by atoms with van der Waals surface area (Å²) in [5, 5.41) is 27.1. The summed E-state index contributed by atoms with van der Waals surface area (Å²) in [6.45, 7) is 5.33. The molecule has 9 heterocycles. The van der Waals surface area contributed by atoms with E-state index in [1.807, 2.05) is 98.8 Å². The van der Waals surface area contributed by atoms with Crippen LogP contribution in [0.15, 0.2) is 188 Å². The Labute approximate surface area is 476 Å². The molecule has 16 nitrogen and oxygen atoms in total. The van der Waals surface area contributed by atoms with Gasteiger partial charge in [0.15, 0.2) is 17.5 Å². The summed E-state index contributed by atoms with van der Waals surface area (Å²) in [6.07, 6.45) is -8.84. The van der Waals surface area contributed by atoms with Crippen molar-refractivity contribution in [3.63, 3.8) is 0 Å². The number of hydrogen-bond donors (Lipinski definition) is 3. The van der Waals surface area contributed by atoms with E-state index in [2.05, 4.69) is 50.4 Å². The fraction of sp³-hybridized carbons (Fsp3) is 0.133. The Bertz CT molecular complexity index is 4230. The molecule has 85 heavy (non-hydrogen) atoms. The molecule has 0 aliphatic carbocycles. The normalized spacial score (nSPS) is 12.8. The Morgan fingerprint density at radius 1 is 0.424 bits per heavy atom. The number of pyridine rings is 6. The molecule has 3 aromatic carbocycles. The SMILES string of the molecule is C/C(=N\O)c1cccc(-c2ccc3cnn(-c4cccc(C(F)(F)F)n4)c3c2)n1.C[C@@H](N)c1cccc(-c2ccc3cnn(-c4cccc(C(F)(F)F)n4)c3c2)n1.C[C@H](N)c1cccc(-c2ccc3cnn(-c4cccc(C(F)(F)F)n4)c3c2)n1. The zero-order valence-corrected chi connectivity index (χ0v) is 44.8. The minimum Gasteiger partial charge on any atom is -0.411 e. The van der Waals surface area contributed by atoms with E-state index in [9.17, 15) is 39.5 Å². The first-order valence-electron chi connectivity index (χ1n) is 25.7. The van der Waals surface area contributed by atoms with Gasteiger partial charge in [0.2, 0.25) is 0 Å². The number of halogens is 9. The van der Waals surface area contributed by atoms with Crippen LogP contribution >= 0.6 is 0 Å². The number of oxime groups is 1. The molecular weight excluding hydrogens is 1120 g/mol. The summed E-state index contributed by atoms with van der Waals surface area (Å²) in [6, 6.07) is 43.8. The summed E-state index contributed by atoms with van der Waals surface area (Å²) in [7, 11) is 0. The van der Waals surface area contributed by atoms with Crippen molar-refractivity contribution < 1.29 is 44.7 Å². The van der Waals surface area contributed by atoms with Gasteiger partial charge in [0.1, 0.15) is 22.8 Å². The highest BCUT2D eigenvalue weighted by atomic mass is 19.4. The molecule has 430 valence electrons. The highest BCUT2D eigenvalue weighted by molar-refractivity contribution is 5.97. The standard InChI is InChI=1S/C20H14F3N5O.2C20H16F3N5/c1-12(27-29)15-4-2-5-16(25-15)13-8-9-14-11-24-28(17(14)10-13)19-7-3-6-18(26-19)20(21,22)23;2*1-12(24)15-4-2-5-16(26-15)13-8-9-14-11-25-28(17(14)10-13)19-7-3-6-18(27-19)20(21,22)23/h2-11,29H,1H3;2*2-12H,24H2,1H3/b27-12+;;/t;2*12-/m.10/s1. The molecule has 0 fully saturated rings. The topological polar surface area (TPSA) is 215 Å². The largest absolute Gasteiger partial charge is 0.433 e. The van der Waals surface area contributed by atoms with E-state index in [4.69, 9.17) is 16.7 Å². The molecule has 2 atom stereocenters. The second-order valence-corrected chi connectivity index (χ2v) is 19.2. The molecule has 5 N–H and O–H groups in total. The lowest BCUT2D eigenvalue weighted by atomic mass is 10.1. The smallest absolute Gasteiger partial charge is 0.411 e. The maximum absolute atomic E-state index is 13.0. The van der Waals surface area contributed by atoms with Crippen molar-refractivity contribution >= 4 is 38.4 Å². The van der Waals surface area contributed by atoms with Crippen LogP contribution in [0.4, 0.5) is 39.5 Å². The van der Waals surface area contributed by atoms with Crippen molar-refractivity contribution in [2.75, 3.05) is 0 Å². The molecule has 0 saturated carbocycles. The fourth-order valence-corrected chi connectivity index (χ4v) is 8.76. The third-order valence-electron chi connectivity index (χ3n) is 13.1. The molecule has 0 amide bonds. The van der Waals surface area contributed by atoms with Crippen molar-refractivity contribution in [3.8, 4) is 51.2 Å². The zero-order valence-electron chi connectivity index (χ0n) is 44.8.